The third-order valence-electron chi connectivity index (χ3n) is 1.83. The number of hydrogen-bond donors (Lipinski definition) is 2. The van der Waals surface area contributed by atoms with Gasteiger partial charge in [-0.05, 0) is 18.6 Å². The second-order valence-corrected chi connectivity index (χ2v) is 4.48. The van der Waals surface area contributed by atoms with Gasteiger partial charge in [-0.3, -0.25) is 0 Å². The molecule has 0 saturated carbocycles. The lowest BCUT2D eigenvalue weighted by atomic mass is 10.1. The van der Waals surface area contributed by atoms with Gasteiger partial charge in [0.2, 0.25) is 0 Å². The zero-order chi connectivity index (χ0) is 10.9. The number of benzene rings is 1. The average molecular weight is 324 g/mol. The molecule has 0 radical (unpaired) electrons. The molecule has 2 N–H and O–H groups in total. The van der Waals surface area contributed by atoms with Gasteiger partial charge in [0.1, 0.15) is 0 Å². The van der Waals surface area contributed by atoms with Crippen molar-refractivity contribution in [1.82, 2.24) is 0 Å². The fourth-order valence-electron chi connectivity index (χ4n) is 1.05. The van der Waals surface area contributed by atoms with E-state index in [0.717, 1.165) is 5.56 Å². The highest BCUT2D eigenvalue weighted by molar-refractivity contribution is 9.11. The molecule has 0 heterocycles. The van der Waals surface area contributed by atoms with Crippen LogP contribution in [0.25, 0.3) is 0 Å². The first-order valence-electron chi connectivity index (χ1n) is 3.80. The molecule has 3 nitrogen and oxygen atoms in total. The van der Waals surface area contributed by atoms with Crippen molar-refractivity contribution >= 4 is 37.8 Å². The van der Waals surface area contributed by atoms with Gasteiger partial charge in [0, 0.05) is 14.5 Å². The summed E-state index contributed by atoms with van der Waals surface area (Å²) in [5.41, 5.74) is 1.22. The maximum atomic E-state index is 10.6. The number of hydrogen-bond acceptors (Lipinski definition) is 2. The molecule has 0 aliphatic rings. The van der Waals surface area contributed by atoms with Gasteiger partial charge in [0.05, 0.1) is 0 Å². The second kappa shape index (κ2) is 4.42. The van der Waals surface area contributed by atoms with E-state index < -0.39 is 12.1 Å². The molecule has 1 unspecified atom stereocenters. The predicted octanol–water partition coefficient (Wildman–Crippen LogP) is 2.64. The van der Waals surface area contributed by atoms with Gasteiger partial charge in [0.25, 0.3) is 0 Å². The number of carbonyl (C=O) groups is 1. The van der Waals surface area contributed by atoms with Crippen LogP contribution in [0.1, 0.15) is 17.2 Å². The minimum absolute atomic E-state index is 0.345. The highest BCUT2D eigenvalue weighted by Crippen LogP contribution is 2.33. The predicted molar refractivity (Wildman–Crippen MR) is 59.2 cm³/mol. The third kappa shape index (κ3) is 2.16. The van der Waals surface area contributed by atoms with Crippen molar-refractivity contribution < 1.29 is 15.0 Å². The van der Waals surface area contributed by atoms with Gasteiger partial charge < -0.3 is 10.2 Å². The molecular formula is C9H8Br2O3. The van der Waals surface area contributed by atoms with Gasteiger partial charge >= 0.3 is 5.97 Å². The van der Waals surface area contributed by atoms with E-state index in [1.54, 1.807) is 6.07 Å². The Morgan fingerprint density at radius 2 is 2.00 bits per heavy atom. The summed E-state index contributed by atoms with van der Waals surface area (Å²) in [5, 5.41) is 18.1. The molecule has 76 valence electrons. The number of rotatable bonds is 2. The second-order valence-electron chi connectivity index (χ2n) is 2.83. The summed E-state index contributed by atoms with van der Waals surface area (Å²) < 4.78 is 1.19. The summed E-state index contributed by atoms with van der Waals surface area (Å²) in [5.74, 6) is -1.27. The molecular weight excluding hydrogens is 316 g/mol. The Hall–Kier alpha value is -0.390. The van der Waals surface area contributed by atoms with E-state index in [1.165, 1.54) is 0 Å². The van der Waals surface area contributed by atoms with Crippen molar-refractivity contribution in [1.29, 1.82) is 0 Å². The number of carboxylic acid groups (broad SMARTS) is 1. The molecule has 14 heavy (non-hydrogen) atoms. The molecule has 0 aromatic heterocycles. The van der Waals surface area contributed by atoms with Crippen LogP contribution in [0, 0.1) is 6.92 Å². The maximum absolute atomic E-state index is 10.6. The summed E-state index contributed by atoms with van der Waals surface area (Å²) in [4.78, 5) is 10.6. The Morgan fingerprint density at radius 1 is 1.43 bits per heavy atom. The summed E-state index contributed by atoms with van der Waals surface area (Å²) in [6.07, 6.45) is -1.52. The average Bonchev–Trinajstić information content (AvgIpc) is 2.12. The minimum Gasteiger partial charge on any atom is -0.479 e. The molecule has 5 heteroatoms. The number of aliphatic hydroxyl groups excluding tert-OH is 1. The van der Waals surface area contributed by atoms with Crippen LogP contribution in [0.3, 0.4) is 0 Å². The molecule has 1 aromatic rings. The summed E-state index contributed by atoms with van der Waals surface area (Å²) in [6.45, 7) is 1.83. The van der Waals surface area contributed by atoms with Crippen LogP contribution in [0.5, 0.6) is 0 Å². The van der Waals surface area contributed by atoms with Gasteiger partial charge in [-0.2, -0.15) is 0 Å². The summed E-state index contributed by atoms with van der Waals surface area (Å²) in [7, 11) is 0. The topological polar surface area (TPSA) is 57.5 Å². The molecule has 0 saturated heterocycles. The van der Waals surface area contributed by atoms with Gasteiger partial charge in [-0.15, -0.1) is 0 Å². The van der Waals surface area contributed by atoms with Crippen molar-refractivity contribution in [3.63, 3.8) is 0 Å². The lowest BCUT2D eigenvalue weighted by Gasteiger charge is -2.12. The first-order valence-corrected chi connectivity index (χ1v) is 5.39. The van der Waals surface area contributed by atoms with Crippen LogP contribution in [0.4, 0.5) is 0 Å². The SMILES string of the molecule is Cc1ccc(Br)c(C(O)C(=O)O)c1Br. The molecule has 0 fully saturated rings. The highest BCUT2D eigenvalue weighted by atomic mass is 79.9. The summed E-state index contributed by atoms with van der Waals surface area (Å²) >= 11 is 6.44. The molecule has 0 aliphatic carbocycles. The van der Waals surface area contributed by atoms with E-state index in [0.29, 0.717) is 14.5 Å². The van der Waals surface area contributed by atoms with E-state index in [1.807, 2.05) is 13.0 Å². The van der Waals surface area contributed by atoms with E-state index in [9.17, 15) is 9.90 Å². The fourth-order valence-corrected chi connectivity index (χ4v) is 2.43. The normalized spacial score (nSPS) is 12.6. The Kier molecular flexibility index (Phi) is 3.69. The standard InChI is InChI=1S/C9H8Br2O3/c1-4-2-3-5(10)6(7(4)11)8(12)9(13)14/h2-3,8,12H,1H3,(H,13,14). The quantitative estimate of drug-likeness (QED) is 0.879. The fraction of sp³-hybridized carbons (Fsp3) is 0.222. The van der Waals surface area contributed by atoms with Crippen molar-refractivity contribution in [3.8, 4) is 0 Å². The Labute approximate surface area is 98.0 Å². The Bertz CT molecular complexity index is 377. The molecule has 1 aromatic carbocycles. The smallest absolute Gasteiger partial charge is 0.337 e. The summed E-state index contributed by atoms with van der Waals surface area (Å²) in [6, 6.07) is 3.54. The zero-order valence-corrected chi connectivity index (χ0v) is 10.5. The number of carboxylic acids is 1. The Balaban J connectivity index is 3.32. The lowest BCUT2D eigenvalue weighted by molar-refractivity contribution is -0.147. The monoisotopic (exact) mass is 322 g/mol. The molecule has 1 rings (SSSR count). The number of aryl methyl sites for hydroxylation is 1. The van der Waals surface area contributed by atoms with Gasteiger partial charge in [-0.25, -0.2) is 4.79 Å². The molecule has 0 bridgehead atoms. The van der Waals surface area contributed by atoms with Crippen LogP contribution in [0.15, 0.2) is 21.1 Å². The zero-order valence-electron chi connectivity index (χ0n) is 7.29. The lowest BCUT2D eigenvalue weighted by Crippen LogP contribution is -2.12. The Morgan fingerprint density at radius 3 is 2.50 bits per heavy atom. The minimum atomic E-state index is -1.52. The number of aliphatic hydroxyl groups is 1. The van der Waals surface area contributed by atoms with Crippen molar-refractivity contribution in [3.05, 3.63) is 32.2 Å². The van der Waals surface area contributed by atoms with Gasteiger partial charge in [-0.1, -0.05) is 37.9 Å². The van der Waals surface area contributed by atoms with E-state index in [-0.39, 0.29) is 0 Å². The number of halogens is 2. The van der Waals surface area contributed by atoms with Crippen molar-refractivity contribution in [2.24, 2.45) is 0 Å². The molecule has 0 amide bonds. The van der Waals surface area contributed by atoms with E-state index in [4.69, 9.17) is 5.11 Å². The highest BCUT2D eigenvalue weighted by Gasteiger charge is 2.22. The molecule has 0 spiro atoms. The van der Waals surface area contributed by atoms with Crippen LogP contribution in [0.2, 0.25) is 0 Å². The van der Waals surface area contributed by atoms with Crippen LogP contribution >= 0.6 is 31.9 Å². The third-order valence-corrected chi connectivity index (χ3v) is 3.57. The first kappa shape index (κ1) is 11.7. The first-order chi connectivity index (χ1) is 6.45. The van der Waals surface area contributed by atoms with Crippen LogP contribution in [-0.2, 0) is 4.79 Å². The van der Waals surface area contributed by atoms with E-state index >= 15 is 0 Å². The van der Waals surface area contributed by atoms with Crippen LogP contribution in [-0.4, -0.2) is 16.2 Å². The maximum Gasteiger partial charge on any atom is 0.337 e. The largest absolute Gasteiger partial charge is 0.479 e. The molecule has 0 aliphatic heterocycles. The van der Waals surface area contributed by atoms with Crippen molar-refractivity contribution in [2.45, 2.75) is 13.0 Å². The van der Waals surface area contributed by atoms with E-state index in [2.05, 4.69) is 31.9 Å². The number of aliphatic carboxylic acids is 1. The van der Waals surface area contributed by atoms with Crippen molar-refractivity contribution in [2.75, 3.05) is 0 Å². The van der Waals surface area contributed by atoms with Crippen LogP contribution < -0.4 is 0 Å². The van der Waals surface area contributed by atoms with Gasteiger partial charge in [0.15, 0.2) is 6.10 Å². The molecule has 1 atom stereocenters.